The monoisotopic (exact) mass is 278 g/mol. The number of hydrogen-bond donors (Lipinski definition) is 1. The standard InChI is InChI=1S/C16H26N2O2/c1-3-13-14(19)17-16(7-5-4-6-8-16)15(20)18(13)10-12-9-11(12)2/h11-13H,3-10H2,1-2H3,(H,17,19). The van der Waals surface area contributed by atoms with Crippen LogP contribution in [0.4, 0.5) is 0 Å². The summed E-state index contributed by atoms with van der Waals surface area (Å²) in [5.41, 5.74) is -0.570. The number of carbonyl (C=O) groups excluding carboxylic acids is 2. The molecule has 3 rings (SSSR count). The number of carbonyl (C=O) groups is 2. The number of hydrogen-bond acceptors (Lipinski definition) is 2. The summed E-state index contributed by atoms with van der Waals surface area (Å²) in [7, 11) is 0. The van der Waals surface area contributed by atoms with E-state index in [0.29, 0.717) is 11.8 Å². The van der Waals surface area contributed by atoms with Crippen molar-refractivity contribution < 1.29 is 9.59 Å². The summed E-state index contributed by atoms with van der Waals surface area (Å²) < 4.78 is 0. The Hall–Kier alpha value is -1.06. The molecule has 3 aliphatic rings. The predicted octanol–water partition coefficient (Wildman–Crippen LogP) is 2.08. The second kappa shape index (κ2) is 5.05. The molecule has 20 heavy (non-hydrogen) atoms. The molecule has 0 bridgehead atoms. The third-order valence-corrected chi connectivity index (χ3v) is 5.51. The Labute approximate surface area is 121 Å². The zero-order valence-electron chi connectivity index (χ0n) is 12.7. The van der Waals surface area contributed by atoms with Crippen molar-refractivity contribution in [2.75, 3.05) is 6.54 Å². The zero-order chi connectivity index (χ0) is 14.3. The SMILES string of the molecule is CCC1C(=O)NC2(CCCCC2)C(=O)N1CC1CC1C. The summed E-state index contributed by atoms with van der Waals surface area (Å²) in [5, 5.41) is 3.09. The molecule has 3 unspecified atom stereocenters. The lowest BCUT2D eigenvalue weighted by molar-refractivity contribution is -0.157. The number of nitrogens with zero attached hydrogens (tertiary/aromatic N) is 1. The third kappa shape index (κ3) is 2.23. The van der Waals surface area contributed by atoms with Crippen LogP contribution in [-0.2, 0) is 9.59 Å². The second-order valence-corrected chi connectivity index (χ2v) is 6.99. The van der Waals surface area contributed by atoms with Gasteiger partial charge in [0.2, 0.25) is 11.8 Å². The van der Waals surface area contributed by atoms with Crippen LogP contribution in [0.2, 0.25) is 0 Å². The molecule has 1 heterocycles. The van der Waals surface area contributed by atoms with Crippen molar-refractivity contribution in [2.45, 2.75) is 70.4 Å². The molecule has 0 aromatic carbocycles. The molecule has 2 aliphatic carbocycles. The predicted molar refractivity (Wildman–Crippen MR) is 77.0 cm³/mol. The van der Waals surface area contributed by atoms with Crippen LogP contribution in [0.3, 0.4) is 0 Å². The molecule has 1 saturated heterocycles. The van der Waals surface area contributed by atoms with Gasteiger partial charge in [-0.25, -0.2) is 0 Å². The van der Waals surface area contributed by atoms with Gasteiger partial charge in [-0.2, -0.15) is 0 Å². The molecule has 112 valence electrons. The van der Waals surface area contributed by atoms with E-state index in [2.05, 4.69) is 12.2 Å². The molecule has 4 nitrogen and oxygen atoms in total. The van der Waals surface area contributed by atoms with Crippen LogP contribution < -0.4 is 5.32 Å². The molecule has 1 N–H and O–H groups in total. The molecule has 3 fully saturated rings. The minimum Gasteiger partial charge on any atom is -0.340 e. The van der Waals surface area contributed by atoms with E-state index in [1.807, 2.05) is 11.8 Å². The lowest BCUT2D eigenvalue weighted by atomic mass is 9.78. The average Bonchev–Trinajstić information content (AvgIpc) is 3.13. The zero-order valence-corrected chi connectivity index (χ0v) is 12.7. The Balaban J connectivity index is 1.82. The van der Waals surface area contributed by atoms with Crippen LogP contribution in [0.5, 0.6) is 0 Å². The molecule has 0 radical (unpaired) electrons. The first-order valence-electron chi connectivity index (χ1n) is 8.20. The summed E-state index contributed by atoms with van der Waals surface area (Å²) in [5.74, 6) is 1.59. The van der Waals surface area contributed by atoms with Crippen molar-refractivity contribution in [3.63, 3.8) is 0 Å². The van der Waals surface area contributed by atoms with Gasteiger partial charge in [-0.3, -0.25) is 9.59 Å². The Morgan fingerprint density at radius 3 is 2.45 bits per heavy atom. The number of nitrogens with one attached hydrogen (secondary N) is 1. The Morgan fingerprint density at radius 2 is 1.90 bits per heavy atom. The first-order chi connectivity index (χ1) is 9.57. The largest absolute Gasteiger partial charge is 0.340 e. The van der Waals surface area contributed by atoms with Gasteiger partial charge < -0.3 is 10.2 Å². The first kappa shape index (κ1) is 13.9. The molecule has 2 saturated carbocycles. The number of rotatable bonds is 3. The molecular formula is C16H26N2O2. The fourth-order valence-electron chi connectivity index (χ4n) is 3.95. The third-order valence-electron chi connectivity index (χ3n) is 5.51. The fourth-order valence-corrected chi connectivity index (χ4v) is 3.95. The molecule has 3 atom stereocenters. The van der Waals surface area contributed by atoms with E-state index in [-0.39, 0.29) is 17.9 Å². The molecular weight excluding hydrogens is 252 g/mol. The summed E-state index contributed by atoms with van der Waals surface area (Å²) in [6.45, 7) is 5.02. The highest BCUT2D eigenvalue weighted by Gasteiger charge is 2.51. The van der Waals surface area contributed by atoms with Crippen molar-refractivity contribution in [1.29, 1.82) is 0 Å². The van der Waals surface area contributed by atoms with E-state index in [0.717, 1.165) is 38.6 Å². The van der Waals surface area contributed by atoms with E-state index in [1.165, 1.54) is 12.8 Å². The van der Waals surface area contributed by atoms with E-state index < -0.39 is 5.54 Å². The average molecular weight is 278 g/mol. The highest BCUT2D eigenvalue weighted by molar-refractivity contribution is 5.99. The maximum Gasteiger partial charge on any atom is 0.249 e. The van der Waals surface area contributed by atoms with Gasteiger partial charge in [0.25, 0.3) is 0 Å². The second-order valence-electron chi connectivity index (χ2n) is 6.99. The lowest BCUT2D eigenvalue weighted by Gasteiger charge is -2.47. The van der Waals surface area contributed by atoms with E-state index in [9.17, 15) is 9.59 Å². The highest BCUT2D eigenvalue weighted by atomic mass is 16.2. The van der Waals surface area contributed by atoms with E-state index >= 15 is 0 Å². The molecule has 1 spiro atoms. The molecule has 0 aromatic rings. The maximum atomic E-state index is 13.0. The van der Waals surface area contributed by atoms with Gasteiger partial charge in [0.15, 0.2) is 0 Å². The van der Waals surface area contributed by atoms with Crippen LogP contribution >= 0.6 is 0 Å². The van der Waals surface area contributed by atoms with Crippen molar-refractivity contribution >= 4 is 11.8 Å². The maximum absolute atomic E-state index is 13.0. The van der Waals surface area contributed by atoms with E-state index in [4.69, 9.17) is 0 Å². The lowest BCUT2D eigenvalue weighted by Crippen LogP contribution is -2.70. The Bertz CT molecular complexity index is 415. The normalized spacial score (nSPS) is 36.1. The quantitative estimate of drug-likeness (QED) is 0.859. The van der Waals surface area contributed by atoms with Gasteiger partial charge in [0.05, 0.1) is 0 Å². The van der Waals surface area contributed by atoms with Crippen molar-refractivity contribution in [1.82, 2.24) is 10.2 Å². The summed E-state index contributed by atoms with van der Waals surface area (Å²) in [6.07, 6.45) is 6.85. The molecule has 2 amide bonds. The highest BCUT2D eigenvalue weighted by Crippen LogP contribution is 2.41. The topological polar surface area (TPSA) is 49.4 Å². The van der Waals surface area contributed by atoms with Crippen LogP contribution in [0.1, 0.15) is 58.8 Å². The summed E-state index contributed by atoms with van der Waals surface area (Å²) in [4.78, 5) is 27.3. The van der Waals surface area contributed by atoms with Crippen molar-refractivity contribution in [2.24, 2.45) is 11.8 Å². The number of piperazine rings is 1. The minimum absolute atomic E-state index is 0.0716. The van der Waals surface area contributed by atoms with E-state index in [1.54, 1.807) is 0 Å². The first-order valence-corrected chi connectivity index (χ1v) is 8.20. The fraction of sp³-hybridized carbons (Fsp3) is 0.875. The molecule has 1 aliphatic heterocycles. The Morgan fingerprint density at radius 1 is 1.25 bits per heavy atom. The molecule has 4 heteroatoms. The minimum atomic E-state index is -0.570. The molecule has 0 aromatic heterocycles. The van der Waals surface area contributed by atoms with Gasteiger partial charge in [0.1, 0.15) is 11.6 Å². The van der Waals surface area contributed by atoms with Crippen molar-refractivity contribution in [3.8, 4) is 0 Å². The van der Waals surface area contributed by atoms with Crippen LogP contribution in [-0.4, -0.2) is 34.8 Å². The van der Waals surface area contributed by atoms with Crippen molar-refractivity contribution in [3.05, 3.63) is 0 Å². The summed E-state index contributed by atoms with van der Waals surface area (Å²) >= 11 is 0. The van der Waals surface area contributed by atoms with Gasteiger partial charge >= 0.3 is 0 Å². The van der Waals surface area contributed by atoms with Gasteiger partial charge in [-0.1, -0.05) is 33.1 Å². The van der Waals surface area contributed by atoms with Gasteiger partial charge in [-0.15, -0.1) is 0 Å². The van der Waals surface area contributed by atoms with Gasteiger partial charge in [-0.05, 0) is 37.5 Å². The van der Waals surface area contributed by atoms with Crippen LogP contribution in [0, 0.1) is 11.8 Å². The summed E-state index contributed by atoms with van der Waals surface area (Å²) in [6, 6.07) is -0.247. The van der Waals surface area contributed by atoms with Crippen LogP contribution in [0.15, 0.2) is 0 Å². The van der Waals surface area contributed by atoms with Gasteiger partial charge in [0, 0.05) is 6.54 Å². The number of amides is 2. The Kier molecular flexibility index (Phi) is 3.51. The van der Waals surface area contributed by atoms with Crippen LogP contribution in [0.25, 0.3) is 0 Å². The smallest absolute Gasteiger partial charge is 0.249 e.